The smallest absolute Gasteiger partial charge is 0.326 e. The van der Waals surface area contributed by atoms with E-state index in [1.165, 1.54) is 6.42 Å². The molecule has 2 amide bonds. The molecule has 0 aromatic rings. The van der Waals surface area contributed by atoms with Gasteiger partial charge in [-0.1, -0.05) is 40.0 Å². The molecule has 1 rings (SSSR count). The Morgan fingerprint density at radius 3 is 2.58 bits per heavy atom. The lowest BCUT2D eigenvalue weighted by Crippen LogP contribution is -2.52. The number of nitrogens with one attached hydrogen (secondary N) is 2. The lowest BCUT2D eigenvalue weighted by atomic mass is 9.78. The van der Waals surface area contributed by atoms with Crippen LogP contribution in [0.15, 0.2) is 0 Å². The average molecular weight is 270 g/mol. The van der Waals surface area contributed by atoms with Gasteiger partial charge in [0.15, 0.2) is 0 Å². The van der Waals surface area contributed by atoms with E-state index in [2.05, 4.69) is 24.5 Å². The third-order valence-corrected chi connectivity index (χ3v) is 4.20. The van der Waals surface area contributed by atoms with Gasteiger partial charge in [0.1, 0.15) is 6.04 Å². The van der Waals surface area contributed by atoms with Crippen molar-refractivity contribution in [1.29, 1.82) is 0 Å². The molecule has 5 nitrogen and oxygen atoms in total. The van der Waals surface area contributed by atoms with Gasteiger partial charge in [-0.25, -0.2) is 9.59 Å². The Morgan fingerprint density at radius 1 is 1.32 bits per heavy atom. The maximum Gasteiger partial charge on any atom is 0.326 e. The number of carboxylic acid groups (broad SMARTS) is 1. The van der Waals surface area contributed by atoms with E-state index in [-0.39, 0.29) is 12.1 Å². The summed E-state index contributed by atoms with van der Waals surface area (Å²) in [6, 6.07) is -0.993. The normalized spacial score (nSPS) is 28.5. The molecule has 4 atom stereocenters. The van der Waals surface area contributed by atoms with E-state index in [9.17, 15) is 9.59 Å². The van der Waals surface area contributed by atoms with Gasteiger partial charge in [-0.2, -0.15) is 0 Å². The molecule has 0 aromatic heterocycles. The standard InChI is InChI=1S/C14H26N2O3/c1-4-6-12(13(17)18)16-14(19)15-11-8-5-7-9(2)10(11)3/h9-12H,4-8H2,1-3H3,(H,17,18)(H2,15,16,19)/t9?,10?,11?,12-/m1/s1. The van der Waals surface area contributed by atoms with Crippen molar-refractivity contribution in [3.63, 3.8) is 0 Å². The van der Waals surface area contributed by atoms with Gasteiger partial charge in [0.2, 0.25) is 0 Å². The molecule has 0 radical (unpaired) electrons. The van der Waals surface area contributed by atoms with Gasteiger partial charge in [0.25, 0.3) is 0 Å². The predicted molar refractivity (Wildman–Crippen MR) is 74.0 cm³/mol. The summed E-state index contributed by atoms with van der Waals surface area (Å²) in [6.45, 7) is 6.25. The highest BCUT2D eigenvalue weighted by Crippen LogP contribution is 2.29. The molecule has 5 heteroatoms. The second-order valence-corrected chi connectivity index (χ2v) is 5.67. The van der Waals surface area contributed by atoms with Crippen molar-refractivity contribution in [2.45, 2.75) is 65.0 Å². The summed E-state index contributed by atoms with van der Waals surface area (Å²) in [7, 11) is 0. The lowest BCUT2D eigenvalue weighted by molar-refractivity contribution is -0.139. The Bertz CT molecular complexity index is 320. The maximum atomic E-state index is 11.9. The number of carbonyl (C=O) groups excluding carboxylic acids is 1. The molecule has 1 saturated carbocycles. The van der Waals surface area contributed by atoms with E-state index in [0.717, 1.165) is 19.3 Å². The van der Waals surface area contributed by atoms with Gasteiger partial charge in [-0.05, 0) is 24.7 Å². The minimum Gasteiger partial charge on any atom is -0.480 e. The number of hydrogen-bond acceptors (Lipinski definition) is 2. The Morgan fingerprint density at radius 2 is 2.00 bits per heavy atom. The first-order valence-electron chi connectivity index (χ1n) is 7.25. The van der Waals surface area contributed by atoms with Gasteiger partial charge < -0.3 is 15.7 Å². The van der Waals surface area contributed by atoms with Crippen molar-refractivity contribution in [2.75, 3.05) is 0 Å². The van der Waals surface area contributed by atoms with Crippen LogP contribution >= 0.6 is 0 Å². The molecule has 3 unspecified atom stereocenters. The molecule has 1 fully saturated rings. The highest BCUT2D eigenvalue weighted by molar-refractivity contribution is 5.82. The first kappa shape index (κ1) is 15.8. The second kappa shape index (κ2) is 7.36. The van der Waals surface area contributed by atoms with Gasteiger partial charge in [-0.15, -0.1) is 0 Å². The van der Waals surface area contributed by atoms with Gasteiger partial charge in [0.05, 0.1) is 0 Å². The van der Waals surface area contributed by atoms with E-state index in [0.29, 0.717) is 18.3 Å². The first-order chi connectivity index (χ1) is 8.95. The van der Waals surface area contributed by atoms with Crippen molar-refractivity contribution in [3.05, 3.63) is 0 Å². The van der Waals surface area contributed by atoms with Crippen molar-refractivity contribution in [2.24, 2.45) is 11.8 Å². The van der Waals surface area contributed by atoms with Crippen molar-refractivity contribution < 1.29 is 14.7 Å². The summed E-state index contributed by atoms with van der Waals surface area (Å²) >= 11 is 0. The fourth-order valence-electron chi connectivity index (χ4n) is 2.70. The highest BCUT2D eigenvalue weighted by Gasteiger charge is 2.29. The first-order valence-corrected chi connectivity index (χ1v) is 7.25. The maximum absolute atomic E-state index is 11.9. The Kier molecular flexibility index (Phi) is 6.12. The SMILES string of the molecule is CCC[C@@H](NC(=O)NC1CCCC(C)C1C)C(=O)O. The molecule has 1 aliphatic carbocycles. The fourth-order valence-corrected chi connectivity index (χ4v) is 2.70. The van der Waals surface area contributed by atoms with Gasteiger partial charge in [0, 0.05) is 6.04 Å². The van der Waals surface area contributed by atoms with E-state index in [1.54, 1.807) is 0 Å². The predicted octanol–water partition coefficient (Wildman–Crippen LogP) is 2.36. The Hall–Kier alpha value is -1.26. The Labute approximate surface area is 115 Å². The monoisotopic (exact) mass is 270 g/mol. The molecule has 0 aromatic carbocycles. The molecule has 0 bridgehead atoms. The number of rotatable bonds is 5. The molecular formula is C14H26N2O3. The molecular weight excluding hydrogens is 244 g/mol. The quantitative estimate of drug-likeness (QED) is 0.717. The summed E-state index contributed by atoms with van der Waals surface area (Å²) in [4.78, 5) is 22.9. The largest absolute Gasteiger partial charge is 0.480 e. The molecule has 3 N–H and O–H groups in total. The molecule has 0 heterocycles. The van der Waals surface area contributed by atoms with Crippen LogP contribution in [0.4, 0.5) is 4.79 Å². The highest BCUT2D eigenvalue weighted by atomic mass is 16.4. The topological polar surface area (TPSA) is 78.4 Å². The summed E-state index contributed by atoms with van der Waals surface area (Å²) in [5.41, 5.74) is 0. The van der Waals surface area contributed by atoms with Crippen LogP contribution in [-0.2, 0) is 4.79 Å². The Balaban J connectivity index is 2.47. The van der Waals surface area contributed by atoms with E-state index in [4.69, 9.17) is 5.11 Å². The third-order valence-electron chi connectivity index (χ3n) is 4.20. The number of carboxylic acids is 1. The van der Waals surface area contributed by atoms with Crippen LogP contribution in [0.5, 0.6) is 0 Å². The zero-order valence-electron chi connectivity index (χ0n) is 12.1. The average Bonchev–Trinajstić information content (AvgIpc) is 2.34. The van der Waals surface area contributed by atoms with Crippen LogP contribution in [0.2, 0.25) is 0 Å². The van der Waals surface area contributed by atoms with Gasteiger partial charge in [-0.3, -0.25) is 0 Å². The minimum absolute atomic E-state index is 0.153. The van der Waals surface area contributed by atoms with Crippen LogP contribution < -0.4 is 10.6 Å². The second-order valence-electron chi connectivity index (χ2n) is 5.67. The molecule has 1 aliphatic rings. The molecule has 19 heavy (non-hydrogen) atoms. The van der Waals surface area contributed by atoms with Gasteiger partial charge >= 0.3 is 12.0 Å². The molecule has 0 spiro atoms. The molecule has 110 valence electrons. The van der Waals surface area contributed by atoms with Crippen molar-refractivity contribution in [1.82, 2.24) is 10.6 Å². The van der Waals surface area contributed by atoms with Crippen LogP contribution in [0.25, 0.3) is 0 Å². The van der Waals surface area contributed by atoms with E-state index >= 15 is 0 Å². The number of aliphatic carboxylic acids is 1. The zero-order chi connectivity index (χ0) is 14.4. The van der Waals surface area contributed by atoms with Crippen LogP contribution in [0.3, 0.4) is 0 Å². The fraction of sp³-hybridized carbons (Fsp3) is 0.857. The number of amides is 2. The van der Waals surface area contributed by atoms with E-state index in [1.807, 2.05) is 6.92 Å². The number of hydrogen-bond donors (Lipinski definition) is 3. The summed E-state index contributed by atoms with van der Waals surface area (Å²) < 4.78 is 0. The number of carbonyl (C=O) groups is 2. The summed E-state index contributed by atoms with van der Waals surface area (Å²) in [6.07, 6.45) is 4.49. The van der Waals surface area contributed by atoms with Crippen LogP contribution in [0.1, 0.15) is 52.9 Å². The van der Waals surface area contributed by atoms with E-state index < -0.39 is 12.0 Å². The third kappa shape index (κ3) is 4.73. The van der Waals surface area contributed by atoms with Crippen molar-refractivity contribution in [3.8, 4) is 0 Å². The molecule has 0 aliphatic heterocycles. The summed E-state index contributed by atoms with van der Waals surface area (Å²) in [5.74, 6) is 0.0703. The molecule has 0 saturated heterocycles. The van der Waals surface area contributed by atoms with Crippen LogP contribution in [-0.4, -0.2) is 29.2 Å². The minimum atomic E-state index is -0.970. The number of urea groups is 1. The lowest BCUT2D eigenvalue weighted by Gasteiger charge is -2.34. The van der Waals surface area contributed by atoms with Crippen LogP contribution in [0, 0.1) is 11.8 Å². The zero-order valence-corrected chi connectivity index (χ0v) is 12.1. The van der Waals surface area contributed by atoms with Crippen molar-refractivity contribution >= 4 is 12.0 Å². The summed E-state index contributed by atoms with van der Waals surface area (Å²) in [5, 5.41) is 14.5.